The molecule has 0 saturated heterocycles. The van der Waals surface area contributed by atoms with E-state index in [0.29, 0.717) is 16.3 Å². The van der Waals surface area contributed by atoms with Crippen LogP contribution in [0.15, 0.2) is 78.1 Å². The Labute approximate surface area is 206 Å². The Morgan fingerprint density at radius 1 is 1.00 bits per heavy atom. The number of thioether (sulfide) groups is 1. The number of alkyl halides is 3. The maximum atomic E-state index is 12.8. The molecule has 0 saturated carbocycles. The van der Waals surface area contributed by atoms with Gasteiger partial charge in [-0.2, -0.15) is 18.2 Å². The molecule has 35 heavy (non-hydrogen) atoms. The lowest BCUT2D eigenvalue weighted by atomic mass is 10.1. The third-order valence-electron chi connectivity index (χ3n) is 5.18. The first-order chi connectivity index (χ1) is 16.8. The molecule has 0 bridgehead atoms. The first-order valence-electron chi connectivity index (χ1n) is 10.3. The number of hydrogen-bond donors (Lipinski definition) is 1. The minimum Gasteiger partial charge on any atom is -0.325 e. The van der Waals surface area contributed by atoms with Gasteiger partial charge in [0.1, 0.15) is 5.52 Å². The second-order valence-corrected chi connectivity index (χ2v) is 8.77. The van der Waals surface area contributed by atoms with Crippen molar-refractivity contribution in [2.24, 2.45) is 0 Å². The van der Waals surface area contributed by atoms with Crippen LogP contribution < -0.4 is 5.32 Å². The van der Waals surface area contributed by atoms with Crippen molar-refractivity contribution < 1.29 is 18.0 Å². The van der Waals surface area contributed by atoms with E-state index in [1.807, 2.05) is 47.0 Å². The van der Waals surface area contributed by atoms with Crippen LogP contribution in [0.5, 0.6) is 0 Å². The summed E-state index contributed by atoms with van der Waals surface area (Å²) in [6, 6.07) is 17.9. The summed E-state index contributed by atoms with van der Waals surface area (Å²) in [5, 5.41) is 5.15. The molecule has 0 aliphatic rings. The minimum absolute atomic E-state index is 0.0315. The van der Waals surface area contributed by atoms with E-state index in [-0.39, 0.29) is 16.7 Å². The van der Waals surface area contributed by atoms with Crippen molar-refractivity contribution in [3.05, 3.63) is 83.8 Å². The number of halogens is 4. The SMILES string of the molecule is O=C(CSc1nc2cnc(Cl)nc2n1-c1cccc2ccccc12)Nc1ccc(C(F)(F)F)cc1. The number of nitrogens with zero attached hydrogens (tertiary/aromatic N) is 4. The predicted molar refractivity (Wildman–Crippen MR) is 130 cm³/mol. The Kier molecular flexibility index (Phi) is 6.08. The van der Waals surface area contributed by atoms with Gasteiger partial charge in [0.05, 0.1) is 23.2 Å². The van der Waals surface area contributed by atoms with Crippen LogP contribution in [0.2, 0.25) is 5.28 Å². The third-order valence-corrected chi connectivity index (χ3v) is 6.30. The molecular weight excluding hydrogens is 499 g/mol. The molecule has 0 unspecified atom stereocenters. The van der Waals surface area contributed by atoms with Crippen LogP contribution in [0.4, 0.5) is 18.9 Å². The van der Waals surface area contributed by atoms with Gasteiger partial charge in [0, 0.05) is 11.1 Å². The Balaban J connectivity index is 1.44. The highest BCUT2D eigenvalue weighted by molar-refractivity contribution is 7.99. The molecular formula is C24H15ClF3N5OS. The molecule has 176 valence electrons. The summed E-state index contributed by atoms with van der Waals surface area (Å²) in [5.74, 6) is -0.425. The highest BCUT2D eigenvalue weighted by Gasteiger charge is 2.30. The maximum absolute atomic E-state index is 12.8. The van der Waals surface area contributed by atoms with Crippen LogP contribution in [0.1, 0.15) is 5.56 Å². The summed E-state index contributed by atoms with van der Waals surface area (Å²) in [5.41, 5.74) is 1.29. The molecule has 1 N–H and O–H groups in total. The first kappa shape index (κ1) is 23.1. The average Bonchev–Trinajstić information content (AvgIpc) is 3.19. The Bertz CT molecular complexity index is 1550. The first-order valence-corrected chi connectivity index (χ1v) is 11.6. The molecule has 1 amide bonds. The van der Waals surface area contributed by atoms with Crippen LogP contribution in [-0.4, -0.2) is 31.2 Å². The largest absolute Gasteiger partial charge is 0.416 e. The fourth-order valence-corrected chi connectivity index (χ4v) is 4.56. The Morgan fingerprint density at radius 2 is 1.74 bits per heavy atom. The summed E-state index contributed by atoms with van der Waals surface area (Å²) in [6.07, 6.45) is -2.93. The second kappa shape index (κ2) is 9.20. The van der Waals surface area contributed by atoms with Crippen LogP contribution in [-0.2, 0) is 11.0 Å². The summed E-state index contributed by atoms with van der Waals surface area (Å²) in [7, 11) is 0. The van der Waals surface area contributed by atoms with E-state index in [9.17, 15) is 18.0 Å². The number of amides is 1. The van der Waals surface area contributed by atoms with Crippen molar-refractivity contribution in [2.75, 3.05) is 11.1 Å². The van der Waals surface area contributed by atoms with Crippen molar-refractivity contribution in [1.82, 2.24) is 19.5 Å². The number of carbonyl (C=O) groups is 1. The van der Waals surface area contributed by atoms with Gasteiger partial charge in [-0.25, -0.2) is 9.97 Å². The van der Waals surface area contributed by atoms with Crippen LogP contribution in [0, 0.1) is 0 Å². The van der Waals surface area contributed by atoms with E-state index in [2.05, 4.69) is 20.3 Å². The number of nitrogens with one attached hydrogen (secondary N) is 1. The van der Waals surface area contributed by atoms with E-state index < -0.39 is 17.6 Å². The molecule has 0 fully saturated rings. The number of fused-ring (bicyclic) bond motifs is 2. The number of benzene rings is 3. The van der Waals surface area contributed by atoms with Gasteiger partial charge in [-0.3, -0.25) is 9.36 Å². The van der Waals surface area contributed by atoms with Gasteiger partial charge in [0.15, 0.2) is 10.8 Å². The standard InChI is InChI=1S/C24H15ClF3N5OS/c25-22-29-12-18-21(32-22)33(19-7-3-5-14-4-1-2-6-17(14)19)23(31-18)35-13-20(34)30-16-10-8-15(9-11-16)24(26,27)28/h1-12H,13H2,(H,30,34). The van der Waals surface area contributed by atoms with Crippen LogP contribution in [0.3, 0.4) is 0 Å². The summed E-state index contributed by atoms with van der Waals surface area (Å²) >= 11 is 7.22. The second-order valence-electron chi connectivity index (χ2n) is 7.49. The van der Waals surface area contributed by atoms with Crippen molar-refractivity contribution in [1.29, 1.82) is 0 Å². The topological polar surface area (TPSA) is 72.7 Å². The minimum atomic E-state index is -4.44. The van der Waals surface area contributed by atoms with E-state index in [0.717, 1.165) is 28.6 Å². The van der Waals surface area contributed by atoms with Crippen molar-refractivity contribution in [2.45, 2.75) is 11.3 Å². The summed E-state index contributed by atoms with van der Waals surface area (Å²) in [4.78, 5) is 25.5. The highest BCUT2D eigenvalue weighted by Crippen LogP contribution is 2.32. The molecule has 0 radical (unpaired) electrons. The molecule has 5 aromatic rings. The molecule has 0 atom stereocenters. The lowest BCUT2D eigenvalue weighted by Gasteiger charge is -2.12. The van der Waals surface area contributed by atoms with Gasteiger partial charge in [0.2, 0.25) is 11.2 Å². The quantitative estimate of drug-likeness (QED) is 0.218. The fraction of sp³-hybridized carbons (Fsp3) is 0.0833. The monoisotopic (exact) mass is 513 g/mol. The van der Waals surface area contributed by atoms with Gasteiger partial charge in [-0.1, -0.05) is 48.2 Å². The van der Waals surface area contributed by atoms with Gasteiger partial charge in [-0.05, 0) is 47.3 Å². The maximum Gasteiger partial charge on any atom is 0.416 e. The Morgan fingerprint density at radius 3 is 2.51 bits per heavy atom. The third kappa shape index (κ3) is 4.80. The van der Waals surface area contributed by atoms with Gasteiger partial charge >= 0.3 is 6.18 Å². The molecule has 5 rings (SSSR count). The van der Waals surface area contributed by atoms with Crippen LogP contribution in [0.25, 0.3) is 27.6 Å². The molecule has 0 aliphatic carbocycles. The zero-order chi connectivity index (χ0) is 24.6. The zero-order valence-electron chi connectivity index (χ0n) is 17.8. The van der Waals surface area contributed by atoms with Gasteiger partial charge in [0.25, 0.3) is 0 Å². The molecule has 2 heterocycles. The van der Waals surface area contributed by atoms with Crippen molar-refractivity contribution in [3.8, 4) is 5.69 Å². The van der Waals surface area contributed by atoms with Crippen molar-refractivity contribution >= 4 is 56.9 Å². The lowest BCUT2D eigenvalue weighted by molar-refractivity contribution is -0.137. The predicted octanol–water partition coefficient (Wildman–Crippen LogP) is 6.37. The number of imidazole rings is 1. The smallest absolute Gasteiger partial charge is 0.325 e. The lowest BCUT2D eigenvalue weighted by Crippen LogP contribution is -2.15. The normalized spacial score (nSPS) is 11.8. The van der Waals surface area contributed by atoms with E-state index >= 15 is 0 Å². The highest BCUT2D eigenvalue weighted by atomic mass is 35.5. The van der Waals surface area contributed by atoms with Crippen molar-refractivity contribution in [3.63, 3.8) is 0 Å². The zero-order valence-corrected chi connectivity index (χ0v) is 19.3. The number of rotatable bonds is 5. The summed E-state index contributed by atoms with van der Waals surface area (Å²) in [6.45, 7) is 0. The molecule has 2 aromatic heterocycles. The number of hydrogen-bond acceptors (Lipinski definition) is 5. The molecule has 11 heteroatoms. The molecule has 3 aromatic carbocycles. The number of carbonyl (C=O) groups excluding carboxylic acids is 1. The average molecular weight is 514 g/mol. The molecule has 6 nitrogen and oxygen atoms in total. The molecule has 0 spiro atoms. The Hall–Kier alpha value is -3.63. The van der Waals surface area contributed by atoms with E-state index in [1.54, 1.807) is 0 Å². The summed E-state index contributed by atoms with van der Waals surface area (Å²) < 4.78 is 40.1. The van der Waals surface area contributed by atoms with Gasteiger partial charge in [-0.15, -0.1) is 0 Å². The number of anilines is 1. The van der Waals surface area contributed by atoms with E-state index in [4.69, 9.17) is 11.6 Å². The fourth-order valence-electron chi connectivity index (χ4n) is 3.62. The van der Waals surface area contributed by atoms with E-state index in [1.165, 1.54) is 30.1 Å². The van der Waals surface area contributed by atoms with Crippen LogP contribution >= 0.6 is 23.4 Å². The number of aromatic nitrogens is 4. The van der Waals surface area contributed by atoms with Gasteiger partial charge < -0.3 is 5.32 Å². The molecule has 0 aliphatic heterocycles.